The molecule has 0 atom stereocenters. The van der Waals surface area contributed by atoms with Crippen molar-refractivity contribution in [3.8, 4) is 0 Å². The van der Waals surface area contributed by atoms with Crippen LogP contribution < -0.4 is 5.32 Å². The van der Waals surface area contributed by atoms with Crippen molar-refractivity contribution >= 4 is 0 Å². The molecule has 2 aliphatic rings. The Kier molecular flexibility index (Phi) is 4.87. The standard InChI is InChI=1S/C15H25N3O3/c1-19-15(7-2-3-8-15)14-17-13(21-18-14)6-11-20-12-4-9-16-10-5-12/h12,16H,2-11H2,1H3. The van der Waals surface area contributed by atoms with Crippen LogP contribution in [0, 0.1) is 0 Å². The molecular formula is C15H25N3O3. The molecule has 1 aromatic heterocycles. The van der Waals surface area contributed by atoms with Gasteiger partial charge in [0.05, 0.1) is 19.1 Å². The van der Waals surface area contributed by atoms with Gasteiger partial charge in [-0.3, -0.25) is 0 Å². The zero-order chi connectivity index (χ0) is 14.5. The molecule has 0 unspecified atom stereocenters. The maximum atomic E-state index is 5.87. The highest BCUT2D eigenvalue weighted by Crippen LogP contribution is 2.40. The molecule has 0 amide bonds. The molecule has 21 heavy (non-hydrogen) atoms. The van der Waals surface area contributed by atoms with E-state index >= 15 is 0 Å². The van der Waals surface area contributed by atoms with Crippen molar-refractivity contribution in [1.82, 2.24) is 15.5 Å². The zero-order valence-corrected chi connectivity index (χ0v) is 12.8. The Balaban J connectivity index is 1.50. The maximum absolute atomic E-state index is 5.87. The summed E-state index contributed by atoms with van der Waals surface area (Å²) in [4.78, 5) is 4.52. The SMILES string of the molecule is COC1(c2noc(CCOC3CCNCC3)n2)CCCC1. The number of ether oxygens (including phenoxy) is 2. The fraction of sp³-hybridized carbons (Fsp3) is 0.867. The molecule has 6 nitrogen and oxygen atoms in total. The van der Waals surface area contributed by atoms with Gasteiger partial charge in [-0.05, 0) is 51.6 Å². The van der Waals surface area contributed by atoms with Crippen LogP contribution in [0.15, 0.2) is 4.52 Å². The highest BCUT2D eigenvalue weighted by molar-refractivity contribution is 5.04. The molecule has 1 aliphatic carbocycles. The average molecular weight is 295 g/mol. The van der Waals surface area contributed by atoms with Crippen LogP contribution in [0.5, 0.6) is 0 Å². The third-order valence-electron chi connectivity index (χ3n) is 4.63. The van der Waals surface area contributed by atoms with Crippen LogP contribution in [0.2, 0.25) is 0 Å². The lowest BCUT2D eigenvalue weighted by molar-refractivity contribution is -0.0178. The van der Waals surface area contributed by atoms with E-state index < -0.39 is 0 Å². The van der Waals surface area contributed by atoms with E-state index in [-0.39, 0.29) is 5.60 Å². The van der Waals surface area contributed by atoms with E-state index in [0.29, 0.717) is 30.8 Å². The average Bonchev–Trinajstić information content (AvgIpc) is 3.18. The summed E-state index contributed by atoms with van der Waals surface area (Å²) in [6.07, 6.45) is 7.50. The summed E-state index contributed by atoms with van der Waals surface area (Å²) in [5, 5.41) is 7.46. The molecule has 1 N–H and O–H groups in total. The molecule has 2 fully saturated rings. The van der Waals surface area contributed by atoms with Crippen molar-refractivity contribution < 1.29 is 14.0 Å². The van der Waals surface area contributed by atoms with Crippen molar-refractivity contribution in [2.45, 2.75) is 56.7 Å². The molecule has 1 saturated heterocycles. The first-order valence-corrected chi connectivity index (χ1v) is 8.03. The summed E-state index contributed by atoms with van der Waals surface area (Å²) in [5.41, 5.74) is -0.322. The summed E-state index contributed by atoms with van der Waals surface area (Å²) in [5.74, 6) is 1.36. The Hall–Kier alpha value is -0.980. The number of rotatable bonds is 6. The van der Waals surface area contributed by atoms with Crippen LogP contribution in [-0.2, 0) is 21.5 Å². The van der Waals surface area contributed by atoms with Crippen molar-refractivity contribution in [1.29, 1.82) is 0 Å². The van der Waals surface area contributed by atoms with Gasteiger partial charge in [0.2, 0.25) is 11.7 Å². The van der Waals surface area contributed by atoms with Gasteiger partial charge in [0.15, 0.2) is 0 Å². The Labute approximate surface area is 125 Å². The minimum absolute atomic E-state index is 0.322. The lowest BCUT2D eigenvalue weighted by atomic mass is 10.0. The fourth-order valence-corrected chi connectivity index (χ4v) is 3.28. The van der Waals surface area contributed by atoms with Crippen LogP contribution in [-0.4, -0.2) is 43.1 Å². The minimum atomic E-state index is -0.322. The van der Waals surface area contributed by atoms with E-state index in [1.165, 1.54) is 0 Å². The Morgan fingerprint density at radius 2 is 2.05 bits per heavy atom. The Morgan fingerprint density at radius 3 is 2.76 bits per heavy atom. The molecule has 0 radical (unpaired) electrons. The van der Waals surface area contributed by atoms with E-state index in [1.54, 1.807) is 7.11 Å². The second-order valence-corrected chi connectivity index (χ2v) is 5.99. The normalized spacial score (nSPS) is 22.7. The van der Waals surface area contributed by atoms with E-state index in [0.717, 1.165) is 51.6 Å². The molecule has 6 heteroatoms. The van der Waals surface area contributed by atoms with Gasteiger partial charge >= 0.3 is 0 Å². The Morgan fingerprint density at radius 1 is 1.29 bits per heavy atom. The molecule has 3 rings (SSSR count). The van der Waals surface area contributed by atoms with Gasteiger partial charge in [-0.2, -0.15) is 4.98 Å². The molecule has 1 aromatic rings. The number of nitrogens with zero attached hydrogens (tertiary/aromatic N) is 2. The van der Waals surface area contributed by atoms with Crippen LogP contribution in [0.4, 0.5) is 0 Å². The fourth-order valence-electron chi connectivity index (χ4n) is 3.28. The van der Waals surface area contributed by atoms with Gasteiger partial charge in [-0.25, -0.2) is 0 Å². The topological polar surface area (TPSA) is 69.4 Å². The third kappa shape index (κ3) is 3.44. The van der Waals surface area contributed by atoms with Gasteiger partial charge < -0.3 is 19.3 Å². The summed E-state index contributed by atoms with van der Waals surface area (Å²) in [6, 6.07) is 0. The quantitative estimate of drug-likeness (QED) is 0.863. The number of nitrogens with one attached hydrogen (secondary N) is 1. The van der Waals surface area contributed by atoms with Crippen molar-refractivity contribution in [3.05, 3.63) is 11.7 Å². The van der Waals surface area contributed by atoms with Gasteiger partial charge in [-0.15, -0.1) is 0 Å². The van der Waals surface area contributed by atoms with E-state index in [2.05, 4.69) is 15.5 Å². The lowest BCUT2D eigenvalue weighted by Crippen LogP contribution is -2.32. The van der Waals surface area contributed by atoms with Crippen molar-refractivity contribution in [2.24, 2.45) is 0 Å². The van der Waals surface area contributed by atoms with Crippen molar-refractivity contribution in [2.75, 3.05) is 26.8 Å². The molecule has 0 bridgehead atoms. The number of hydrogen-bond donors (Lipinski definition) is 1. The molecule has 1 saturated carbocycles. The predicted octanol–water partition coefficient (Wildman–Crippen LogP) is 1.80. The van der Waals surface area contributed by atoms with Gasteiger partial charge in [-0.1, -0.05) is 5.16 Å². The molecule has 0 aromatic carbocycles. The number of hydrogen-bond acceptors (Lipinski definition) is 6. The first kappa shape index (κ1) is 14.9. The van der Waals surface area contributed by atoms with Gasteiger partial charge in [0.25, 0.3) is 0 Å². The monoisotopic (exact) mass is 295 g/mol. The lowest BCUT2D eigenvalue weighted by Gasteiger charge is -2.23. The van der Waals surface area contributed by atoms with E-state index in [4.69, 9.17) is 14.0 Å². The van der Waals surface area contributed by atoms with E-state index in [1.807, 2.05) is 0 Å². The highest BCUT2D eigenvalue weighted by atomic mass is 16.5. The summed E-state index contributed by atoms with van der Waals surface area (Å²) in [6.45, 7) is 2.74. The minimum Gasteiger partial charge on any atom is -0.378 e. The Bertz CT molecular complexity index is 437. The first-order chi connectivity index (χ1) is 10.3. The van der Waals surface area contributed by atoms with Crippen LogP contribution in [0.25, 0.3) is 0 Å². The second kappa shape index (κ2) is 6.85. The summed E-state index contributed by atoms with van der Waals surface area (Å²) in [7, 11) is 1.74. The third-order valence-corrected chi connectivity index (χ3v) is 4.63. The molecule has 0 spiro atoms. The predicted molar refractivity (Wildman–Crippen MR) is 77.0 cm³/mol. The number of piperidine rings is 1. The smallest absolute Gasteiger partial charge is 0.229 e. The largest absolute Gasteiger partial charge is 0.378 e. The van der Waals surface area contributed by atoms with Gasteiger partial charge in [0, 0.05) is 7.11 Å². The second-order valence-electron chi connectivity index (χ2n) is 5.99. The number of aromatic nitrogens is 2. The van der Waals surface area contributed by atoms with E-state index in [9.17, 15) is 0 Å². The molecular weight excluding hydrogens is 270 g/mol. The zero-order valence-electron chi connectivity index (χ0n) is 12.8. The highest BCUT2D eigenvalue weighted by Gasteiger charge is 2.40. The van der Waals surface area contributed by atoms with Crippen molar-refractivity contribution in [3.63, 3.8) is 0 Å². The number of methoxy groups -OCH3 is 1. The van der Waals surface area contributed by atoms with Crippen LogP contribution in [0.3, 0.4) is 0 Å². The summed E-state index contributed by atoms with van der Waals surface area (Å²) < 4.78 is 16.9. The molecule has 1 aliphatic heterocycles. The van der Waals surface area contributed by atoms with Gasteiger partial charge in [0.1, 0.15) is 5.60 Å². The van der Waals surface area contributed by atoms with Crippen LogP contribution >= 0.6 is 0 Å². The maximum Gasteiger partial charge on any atom is 0.229 e. The molecule has 118 valence electrons. The first-order valence-electron chi connectivity index (χ1n) is 8.03. The summed E-state index contributed by atoms with van der Waals surface area (Å²) >= 11 is 0. The van der Waals surface area contributed by atoms with Crippen LogP contribution in [0.1, 0.15) is 50.2 Å². The molecule has 2 heterocycles.